The molecular formula is C16H21N3O. The molecule has 0 bridgehead atoms. The number of nitrogens with zero attached hydrogens (tertiary/aromatic N) is 2. The first-order valence-electron chi connectivity index (χ1n) is 6.68. The number of rotatable bonds is 5. The predicted octanol–water partition coefficient (Wildman–Crippen LogP) is 2.77. The van der Waals surface area contributed by atoms with Gasteiger partial charge < -0.3 is 15.3 Å². The highest BCUT2D eigenvalue weighted by molar-refractivity contribution is 5.51. The molecule has 1 aromatic carbocycles. The first-order valence-corrected chi connectivity index (χ1v) is 6.68. The third-order valence-electron chi connectivity index (χ3n) is 3.04. The number of hydrogen-bond acceptors (Lipinski definition) is 4. The number of aromatic nitrogens is 1. The Morgan fingerprint density at radius 3 is 2.65 bits per heavy atom. The van der Waals surface area contributed by atoms with Crippen LogP contribution in [0.5, 0.6) is 5.75 Å². The van der Waals surface area contributed by atoms with Crippen LogP contribution in [0.1, 0.15) is 17.0 Å². The zero-order valence-electron chi connectivity index (χ0n) is 12.2. The van der Waals surface area contributed by atoms with Gasteiger partial charge >= 0.3 is 0 Å². The Balaban J connectivity index is 2.12. The van der Waals surface area contributed by atoms with Gasteiger partial charge in [-0.1, -0.05) is 18.2 Å². The van der Waals surface area contributed by atoms with E-state index in [0.29, 0.717) is 12.2 Å². The van der Waals surface area contributed by atoms with Crippen molar-refractivity contribution < 1.29 is 5.11 Å². The zero-order valence-corrected chi connectivity index (χ0v) is 12.2. The summed E-state index contributed by atoms with van der Waals surface area (Å²) >= 11 is 0. The van der Waals surface area contributed by atoms with E-state index in [9.17, 15) is 5.11 Å². The molecule has 0 spiro atoms. The molecule has 4 heteroatoms. The molecule has 0 saturated heterocycles. The second kappa shape index (κ2) is 6.39. The number of para-hydroxylation sites is 1. The topological polar surface area (TPSA) is 48.4 Å². The molecule has 0 aliphatic rings. The summed E-state index contributed by atoms with van der Waals surface area (Å²) in [7, 11) is 4.09. The lowest BCUT2D eigenvalue weighted by Gasteiger charge is -2.15. The van der Waals surface area contributed by atoms with Crippen LogP contribution in [0.2, 0.25) is 0 Å². The molecule has 106 valence electrons. The molecule has 0 aliphatic carbocycles. The maximum Gasteiger partial charge on any atom is 0.138 e. The predicted molar refractivity (Wildman–Crippen MR) is 81.8 cm³/mol. The summed E-state index contributed by atoms with van der Waals surface area (Å²) in [5.41, 5.74) is 3.87. The summed E-state index contributed by atoms with van der Waals surface area (Å²) in [5.74, 6) is 0.230. The van der Waals surface area contributed by atoms with Gasteiger partial charge in [0.05, 0.1) is 6.54 Å². The second-order valence-corrected chi connectivity index (χ2v) is 5.17. The van der Waals surface area contributed by atoms with Crippen LogP contribution in [0.25, 0.3) is 0 Å². The van der Waals surface area contributed by atoms with Crippen molar-refractivity contribution in [2.45, 2.75) is 20.0 Å². The van der Waals surface area contributed by atoms with Crippen molar-refractivity contribution in [3.8, 4) is 5.75 Å². The van der Waals surface area contributed by atoms with Crippen LogP contribution in [-0.2, 0) is 13.1 Å². The molecule has 2 aromatic rings. The number of hydrogen-bond donors (Lipinski definition) is 2. The van der Waals surface area contributed by atoms with Crippen LogP contribution in [0.3, 0.4) is 0 Å². The van der Waals surface area contributed by atoms with Crippen LogP contribution < -0.4 is 5.32 Å². The van der Waals surface area contributed by atoms with Crippen molar-refractivity contribution in [2.24, 2.45) is 0 Å². The third-order valence-corrected chi connectivity index (χ3v) is 3.04. The Morgan fingerprint density at radius 1 is 1.15 bits per heavy atom. The summed E-state index contributed by atoms with van der Waals surface area (Å²) in [5, 5.41) is 13.2. The molecule has 0 radical (unpaired) electrons. The molecular weight excluding hydrogens is 250 g/mol. The average Bonchev–Trinajstić information content (AvgIpc) is 2.41. The number of aryl methyl sites for hydroxylation is 1. The van der Waals surface area contributed by atoms with E-state index < -0.39 is 0 Å². The van der Waals surface area contributed by atoms with Crippen molar-refractivity contribution >= 4 is 5.69 Å². The minimum Gasteiger partial charge on any atom is -0.506 e. The Morgan fingerprint density at radius 2 is 1.90 bits per heavy atom. The van der Waals surface area contributed by atoms with E-state index in [4.69, 9.17) is 0 Å². The van der Waals surface area contributed by atoms with Crippen molar-refractivity contribution in [3.05, 3.63) is 53.3 Å². The Hall–Kier alpha value is -2.07. The van der Waals surface area contributed by atoms with E-state index in [1.54, 1.807) is 12.1 Å². The van der Waals surface area contributed by atoms with Crippen molar-refractivity contribution in [2.75, 3.05) is 19.4 Å². The fourth-order valence-corrected chi connectivity index (χ4v) is 2.08. The Kier molecular flexibility index (Phi) is 4.58. The molecule has 4 nitrogen and oxygen atoms in total. The molecule has 0 amide bonds. The molecule has 2 N–H and O–H groups in total. The fourth-order valence-electron chi connectivity index (χ4n) is 2.08. The van der Waals surface area contributed by atoms with Gasteiger partial charge in [-0.05, 0) is 44.8 Å². The van der Waals surface area contributed by atoms with Crippen molar-refractivity contribution in [3.63, 3.8) is 0 Å². The van der Waals surface area contributed by atoms with E-state index in [0.717, 1.165) is 17.9 Å². The number of anilines is 1. The molecule has 0 unspecified atom stereocenters. The second-order valence-electron chi connectivity index (χ2n) is 5.17. The molecule has 2 rings (SSSR count). The van der Waals surface area contributed by atoms with Gasteiger partial charge in [0.1, 0.15) is 11.4 Å². The van der Waals surface area contributed by atoms with Crippen LogP contribution in [0.4, 0.5) is 5.69 Å². The maximum absolute atomic E-state index is 9.82. The molecule has 0 saturated carbocycles. The highest BCUT2D eigenvalue weighted by Gasteiger charge is 2.06. The number of aromatic hydroxyl groups is 1. The SMILES string of the molecule is Cc1ccc(O)c(CNc2ccccc2CN(C)C)n1. The zero-order chi connectivity index (χ0) is 14.5. The third kappa shape index (κ3) is 3.71. The molecule has 0 atom stereocenters. The quantitative estimate of drug-likeness (QED) is 0.878. The van der Waals surface area contributed by atoms with E-state index in [2.05, 4.69) is 21.3 Å². The number of nitrogens with one attached hydrogen (secondary N) is 1. The minimum atomic E-state index is 0.230. The highest BCUT2D eigenvalue weighted by Crippen LogP contribution is 2.20. The normalized spacial score (nSPS) is 10.8. The van der Waals surface area contributed by atoms with Crippen LogP contribution in [0, 0.1) is 6.92 Å². The smallest absolute Gasteiger partial charge is 0.138 e. The first kappa shape index (κ1) is 14.3. The lowest BCUT2D eigenvalue weighted by molar-refractivity contribution is 0.403. The van der Waals surface area contributed by atoms with Gasteiger partial charge in [0.2, 0.25) is 0 Å². The fraction of sp³-hybridized carbons (Fsp3) is 0.312. The first-order chi connectivity index (χ1) is 9.56. The van der Waals surface area contributed by atoms with Crippen LogP contribution in [0.15, 0.2) is 36.4 Å². The van der Waals surface area contributed by atoms with Crippen LogP contribution >= 0.6 is 0 Å². The van der Waals surface area contributed by atoms with Gasteiger partial charge in [-0.25, -0.2) is 0 Å². The average molecular weight is 271 g/mol. The molecule has 1 heterocycles. The van der Waals surface area contributed by atoms with Gasteiger partial charge in [0.25, 0.3) is 0 Å². The maximum atomic E-state index is 9.82. The van der Waals surface area contributed by atoms with E-state index in [1.165, 1.54) is 5.56 Å². The van der Waals surface area contributed by atoms with Crippen LogP contribution in [-0.4, -0.2) is 29.1 Å². The van der Waals surface area contributed by atoms with Gasteiger partial charge in [-0.15, -0.1) is 0 Å². The summed E-state index contributed by atoms with van der Waals surface area (Å²) in [6, 6.07) is 11.7. The molecule has 1 aromatic heterocycles. The van der Waals surface area contributed by atoms with Gasteiger partial charge in [0.15, 0.2) is 0 Å². The van der Waals surface area contributed by atoms with Gasteiger partial charge in [-0.3, -0.25) is 4.98 Å². The van der Waals surface area contributed by atoms with Gasteiger partial charge in [0, 0.05) is 17.9 Å². The van der Waals surface area contributed by atoms with Gasteiger partial charge in [-0.2, -0.15) is 0 Å². The summed E-state index contributed by atoms with van der Waals surface area (Å²) in [4.78, 5) is 6.48. The minimum absolute atomic E-state index is 0.230. The molecule has 20 heavy (non-hydrogen) atoms. The molecule has 0 aliphatic heterocycles. The van der Waals surface area contributed by atoms with E-state index in [1.807, 2.05) is 39.2 Å². The van der Waals surface area contributed by atoms with E-state index in [-0.39, 0.29) is 5.75 Å². The summed E-state index contributed by atoms with van der Waals surface area (Å²) < 4.78 is 0. The lowest BCUT2D eigenvalue weighted by atomic mass is 10.1. The Labute approximate surface area is 120 Å². The molecule has 0 fully saturated rings. The summed E-state index contributed by atoms with van der Waals surface area (Å²) in [6.07, 6.45) is 0. The monoisotopic (exact) mass is 271 g/mol. The van der Waals surface area contributed by atoms with Crippen molar-refractivity contribution in [1.29, 1.82) is 0 Å². The lowest BCUT2D eigenvalue weighted by Crippen LogP contribution is -2.13. The highest BCUT2D eigenvalue weighted by atomic mass is 16.3. The summed E-state index contributed by atoms with van der Waals surface area (Å²) in [6.45, 7) is 3.30. The standard InChI is InChI=1S/C16H21N3O/c1-12-8-9-16(20)15(18-12)10-17-14-7-5-4-6-13(14)11-19(2)3/h4-9,17,20H,10-11H2,1-3H3. The van der Waals surface area contributed by atoms with E-state index >= 15 is 0 Å². The number of pyridine rings is 1. The van der Waals surface area contributed by atoms with Crippen molar-refractivity contribution in [1.82, 2.24) is 9.88 Å². The largest absolute Gasteiger partial charge is 0.506 e. The Bertz CT molecular complexity index is 582. The number of benzene rings is 1.